The van der Waals surface area contributed by atoms with Crippen molar-refractivity contribution in [2.75, 3.05) is 4.90 Å². The highest BCUT2D eigenvalue weighted by Gasteiger charge is 2.46. The van der Waals surface area contributed by atoms with E-state index in [0.717, 1.165) is 39.0 Å². The molecule has 0 saturated heterocycles. The van der Waals surface area contributed by atoms with Crippen LogP contribution in [0.5, 0.6) is 0 Å². The van der Waals surface area contributed by atoms with Crippen molar-refractivity contribution in [3.05, 3.63) is 258 Å². The van der Waals surface area contributed by atoms with Crippen LogP contribution in [0, 0.1) is 0 Å². The lowest BCUT2D eigenvalue weighted by molar-refractivity contribution is 0.660. The highest BCUT2D eigenvalue weighted by Crippen LogP contribution is 2.58. The molecule has 0 atom stereocenters. The molecule has 2 heteroatoms. The first-order valence-corrected chi connectivity index (χ1v) is 22.3. The Labute approximate surface area is 373 Å². The van der Waals surface area contributed by atoms with Gasteiger partial charge in [0.1, 0.15) is 5.58 Å². The highest BCUT2D eigenvalue weighted by molar-refractivity contribution is 6.10. The fraction of sp³-hybridized carbons (Fsp3) is 0.0645. The SMILES string of the molecule is CC1(C)c2ccccc2-c2ccc(N(c3ccc4cc(-c5cccc6c5-c5ccccc5C6(c5ccccc5)c5ccccc5)ccc4c3)c3cccc4c3oc3ccccc34)cc21. The molecule has 1 heterocycles. The van der Waals surface area contributed by atoms with E-state index in [2.05, 4.69) is 237 Å². The lowest BCUT2D eigenvalue weighted by atomic mass is 9.67. The summed E-state index contributed by atoms with van der Waals surface area (Å²) in [4.78, 5) is 2.39. The molecule has 2 nitrogen and oxygen atoms in total. The Morgan fingerprint density at radius 3 is 1.78 bits per heavy atom. The van der Waals surface area contributed by atoms with Crippen LogP contribution in [0.3, 0.4) is 0 Å². The fourth-order valence-electron chi connectivity index (χ4n) is 11.4. The zero-order chi connectivity index (χ0) is 42.6. The van der Waals surface area contributed by atoms with E-state index in [0.29, 0.717) is 0 Å². The van der Waals surface area contributed by atoms with Gasteiger partial charge >= 0.3 is 0 Å². The predicted octanol–water partition coefficient (Wildman–Crippen LogP) is 16.5. The standard InChI is InChI=1S/C62H43NO/c1-61(2)53-26-12-9-21-48(53)49-36-35-46(39-56(49)61)63(57-29-16-25-51-50-22-11-14-30-58(50)64-60(51)57)45-34-33-40-37-42(32-31-41(40)38-45)47-24-15-28-55-59(47)52-23-10-13-27-54(52)62(55,43-17-5-3-6-18-43)44-19-7-4-8-20-44/h3-39H,1-2H3. The number of nitrogens with zero attached hydrogens (tertiary/aromatic N) is 1. The smallest absolute Gasteiger partial charge is 0.159 e. The second kappa shape index (κ2) is 13.8. The summed E-state index contributed by atoms with van der Waals surface area (Å²) in [6, 6.07) is 82.7. The molecule has 11 aromatic rings. The number of hydrogen-bond acceptors (Lipinski definition) is 2. The van der Waals surface area contributed by atoms with E-state index in [1.54, 1.807) is 0 Å². The van der Waals surface area contributed by atoms with Gasteiger partial charge in [0.05, 0.1) is 11.1 Å². The van der Waals surface area contributed by atoms with Crippen LogP contribution in [-0.2, 0) is 10.8 Å². The summed E-state index contributed by atoms with van der Waals surface area (Å²) in [6.45, 7) is 4.70. The molecule has 64 heavy (non-hydrogen) atoms. The number of para-hydroxylation sites is 2. The summed E-state index contributed by atoms with van der Waals surface area (Å²) < 4.78 is 6.73. The van der Waals surface area contributed by atoms with Crippen LogP contribution in [0.4, 0.5) is 17.1 Å². The average molecular weight is 818 g/mol. The molecule has 1 aromatic heterocycles. The van der Waals surface area contributed by atoms with E-state index >= 15 is 0 Å². The van der Waals surface area contributed by atoms with Crippen LogP contribution in [0.1, 0.15) is 47.2 Å². The summed E-state index contributed by atoms with van der Waals surface area (Å²) in [5.74, 6) is 0. The first-order valence-electron chi connectivity index (χ1n) is 22.3. The quantitative estimate of drug-likeness (QED) is 0.166. The third-order valence-electron chi connectivity index (χ3n) is 14.3. The largest absolute Gasteiger partial charge is 0.454 e. The second-order valence-corrected chi connectivity index (χ2v) is 18.0. The van der Waals surface area contributed by atoms with Gasteiger partial charge in [-0.2, -0.15) is 0 Å². The first-order chi connectivity index (χ1) is 31.5. The van der Waals surface area contributed by atoms with Gasteiger partial charge in [-0.3, -0.25) is 0 Å². The molecular formula is C62H43NO. The summed E-state index contributed by atoms with van der Waals surface area (Å²) in [6.07, 6.45) is 0. The fourth-order valence-corrected chi connectivity index (χ4v) is 11.4. The molecule has 0 bridgehead atoms. The third-order valence-corrected chi connectivity index (χ3v) is 14.3. The normalized spacial score (nSPS) is 14.0. The van der Waals surface area contributed by atoms with Gasteiger partial charge < -0.3 is 9.32 Å². The minimum Gasteiger partial charge on any atom is -0.454 e. The molecule has 10 aromatic carbocycles. The van der Waals surface area contributed by atoms with Crippen LogP contribution in [0.2, 0.25) is 0 Å². The number of hydrogen-bond donors (Lipinski definition) is 0. The Balaban J connectivity index is 0.980. The van der Waals surface area contributed by atoms with Crippen molar-refractivity contribution in [3.63, 3.8) is 0 Å². The van der Waals surface area contributed by atoms with Gasteiger partial charge in [-0.1, -0.05) is 196 Å². The molecule has 2 aliphatic rings. The van der Waals surface area contributed by atoms with Crippen molar-refractivity contribution >= 4 is 49.8 Å². The minimum atomic E-state index is -0.447. The molecule has 0 amide bonds. The molecule has 0 N–H and O–H groups in total. The van der Waals surface area contributed by atoms with E-state index in [1.807, 2.05) is 6.07 Å². The van der Waals surface area contributed by atoms with E-state index in [-0.39, 0.29) is 5.41 Å². The number of rotatable bonds is 6. The van der Waals surface area contributed by atoms with Crippen LogP contribution in [-0.4, -0.2) is 0 Å². The first kappa shape index (κ1) is 36.7. The lowest BCUT2D eigenvalue weighted by Gasteiger charge is -2.34. The third kappa shape index (κ3) is 5.14. The zero-order valence-electron chi connectivity index (χ0n) is 35.7. The minimum absolute atomic E-state index is 0.140. The molecule has 0 saturated carbocycles. The van der Waals surface area contributed by atoms with Gasteiger partial charge in [-0.15, -0.1) is 0 Å². The molecule has 0 radical (unpaired) electrons. The molecule has 0 unspecified atom stereocenters. The molecule has 0 spiro atoms. The molecular weight excluding hydrogens is 775 g/mol. The lowest BCUT2D eigenvalue weighted by Crippen LogP contribution is -2.28. The maximum Gasteiger partial charge on any atom is 0.159 e. The maximum atomic E-state index is 6.73. The maximum absolute atomic E-state index is 6.73. The van der Waals surface area contributed by atoms with Gasteiger partial charge in [-0.05, 0) is 120 Å². The zero-order valence-corrected chi connectivity index (χ0v) is 35.7. The monoisotopic (exact) mass is 817 g/mol. The second-order valence-electron chi connectivity index (χ2n) is 18.0. The van der Waals surface area contributed by atoms with Crippen molar-refractivity contribution in [1.29, 1.82) is 0 Å². The Kier molecular flexibility index (Phi) is 7.90. The van der Waals surface area contributed by atoms with E-state index in [9.17, 15) is 0 Å². The Bertz CT molecular complexity index is 3610. The van der Waals surface area contributed by atoms with Crippen molar-refractivity contribution < 1.29 is 4.42 Å². The number of fused-ring (bicyclic) bond motifs is 10. The van der Waals surface area contributed by atoms with E-state index in [4.69, 9.17) is 4.42 Å². The molecule has 0 aliphatic heterocycles. The topological polar surface area (TPSA) is 16.4 Å². The Morgan fingerprint density at radius 2 is 0.969 bits per heavy atom. The average Bonchev–Trinajstić information content (AvgIpc) is 3.96. The van der Waals surface area contributed by atoms with Crippen LogP contribution in [0.15, 0.2) is 229 Å². The van der Waals surface area contributed by atoms with Crippen LogP contribution >= 0.6 is 0 Å². The number of anilines is 3. The molecule has 302 valence electrons. The Hall–Kier alpha value is -7.94. The van der Waals surface area contributed by atoms with Gasteiger partial charge in [0, 0.05) is 27.6 Å². The van der Waals surface area contributed by atoms with Gasteiger partial charge in [0.2, 0.25) is 0 Å². The Morgan fingerprint density at radius 1 is 0.391 bits per heavy atom. The predicted molar refractivity (Wildman–Crippen MR) is 266 cm³/mol. The van der Waals surface area contributed by atoms with Crippen molar-refractivity contribution in [2.24, 2.45) is 0 Å². The van der Waals surface area contributed by atoms with Gasteiger partial charge in [-0.25, -0.2) is 0 Å². The van der Waals surface area contributed by atoms with E-state index in [1.165, 1.54) is 77.5 Å². The van der Waals surface area contributed by atoms with E-state index < -0.39 is 5.41 Å². The van der Waals surface area contributed by atoms with Crippen molar-refractivity contribution in [2.45, 2.75) is 24.7 Å². The van der Waals surface area contributed by atoms with Crippen molar-refractivity contribution in [1.82, 2.24) is 0 Å². The summed E-state index contributed by atoms with van der Waals surface area (Å²) in [5.41, 5.74) is 19.9. The van der Waals surface area contributed by atoms with Crippen LogP contribution in [0.25, 0.3) is 66.1 Å². The van der Waals surface area contributed by atoms with Gasteiger partial charge in [0.25, 0.3) is 0 Å². The number of benzene rings is 10. The van der Waals surface area contributed by atoms with Crippen LogP contribution < -0.4 is 4.90 Å². The highest BCUT2D eigenvalue weighted by atomic mass is 16.3. The molecule has 2 aliphatic carbocycles. The summed E-state index contributed by atoms with van der Waals surface area (Å²) in [5, 5.41) is 4.59. The van der Waals surface area contributed by atoms with Crippen molar-refractivity contribution in [3.8, 4) is 33.4 Å². The number of furan rings is 1. The van der Waals surface area contributed by atoms with Gasteiger partial charge in [0.15, 0.2) is 5.58 Å². The molecule has 13 rings (SSSR count). The summed E-state index contributed by atoms with van der Waals surface area (Å²) >= 11 is 0. The summed E-state index contributed by atoms with van der Waals surface area (Å²) in [7, 11) is 0. The molecule has 0 fully saturated rings.